The van der Waals surface area contributed by atoms with Gasteiger partial charge >= 0.3 is 0 Å². The van der Waals surface area contributed by atoms with Crippen molar-refractivity contribution in [3.05, 3.63) is 72.3 Å². The van der Waals surface area contributed by atoms with Crippen LogP contribution in [0.25, 0.3) is 0 Å². The van der Waals surface area contributed by atoms with E-state index in [1.54, 1.807) is 54.6 Å². The summed E-state index contributed by atoms with van der Waals surface area (Å²) in [6, 6.07) is 13.5. The van der Waals surface area contributed by atoms with Crippen LogP contribution in [0.3, 0.4) is 0 Å². The van der Waals surface area contributed by atoms with E-state index >= 15 is 0 Å². The molecule has 142 valence electrons. The standard InChI is InChI=1S/C21H24N2O4/c1-4-13-26-19-8-6-5-7-18(19)21(25)23-22-20(24)16-9-11-17(12-10-16)27-14-15(2)3/h4-12,15H,1,13-14H2,2-3H3,(H,22,24)(H,23,25). The van der Waals surface area contributed by atoms with Gasteiger partial charge in [-0.05, 0) is 42.3 Å². The Bertz CT molecular complexity index is 785. The molecule has 2 amide bonds. The van der Waals surface area contributed by atoms with Crippen LogP contribution in [0, 0.1) is 5.92 Å². The van der Waals surface area contributed by atoms with Gasteiger partial charge in [-0.1, -0.05) is 38.6 Å². The molecule has 2 rings (SSSR count). The van der Waals surface area contributed by atoms with Gasteiger partial charge in [0, 0.05) is 5.56 Å². The zero-order valence-corrected chi connectivity index (χ0v) is 15.5. The van der Waals surface area contributed by atoms with Crippen LogP contribution in [-0.4, -0.2) is 25.0 Å². The predicted octanol–water partition coefficient (Wildman–Crippen LogP) is 3.36. The van der Waals surface area contributed by atoms with Crippen LogP contribution < -0.4 is 20.3 Å². The van der Waals surface area contributed by atoms with Crippen molar-refractivity contribution < 1.29 is 19.1 Å². The highest BCUT2D eigenvalue weighted by molar-refractivity contribution is 6.00. The molecule has 0 fully saturated rings. The molecule has 27 heavy (non-hydrogen) atoms. The minimum atomic E-state index is -0.472. The van der Waals surface area contributed by atoms with Crippen molar-refractivity contribution in [2.45, 2.75) is 13.8 Å². The van der Waals surface area contributed by atoms with Gasteiger partial charge in [-0.3, -0.25) is 20.4 Å². The van der Waals surface area contributed by atoms with Crippen LogP contribution in [0.15, 0.2) is 61.2 Å². The van der Waals surface area contributed by atoms with Gasteiger partial charge in [0.15, 0.2) is 0 Å². The van der Waals surface area contributed by atoms with Gasteiger partial charge in [0.25, 0.3) is 11.8 Å². The Morgan fingerprint density at radius 3 is 2.33 bits per heavy atom. The molecule has 2 aromatic carbocycles. The van der Waals surface area contributed by atoms with Crippen LogP contribution in [-0.2, 0) is 0 Å². The van der Waals surface area contributed by atoms with E-state index in [-0.39, 0.29) is 6.61 Å². The maximum Gasteiger partial charge on any atom is 0.273 e. The number of carbonyl (C=O) groups is 2. The molecule has 0 aliphatic rings. The first-order valence-corrected chi connectivity index (χ1v) is 8.67. The third-order valence-electron chi connectivity index (χ3n) is 3.48. The van der Waals surface area contributed by atoms with Gasteiger partial charge in [0.2, 0.25) is 0 Å². The number of para-hydroxylation sites is 1. The fourth-order valence-corrected chi connectivity index (χ4v) is 2.15. The minimum absolute atomic E-state index is 0.280. The highest BCUT2D eigenvalue weighted by Gasteiger charge is 2.13. The van der Waals surface area contributed by atoms with Crippen molar-refractivity contribution >= 4 is 11.8 Å². The van der Waals surface area contributed by atoms with E-state index in [1.165, 1.54) is 0 Å². The van der Waals surface area contributed by atoms with Crippen molar-refractivity contribution in [2.24, 2.45) is 5.92 Å². The van der Waals surface area contributed by atoms with E-state index in [1.807, 2.05) is 0 Å². The topological polar surface area (TPSA) is 76.7 Å². The Labute approximate surface area is 159 Å². The summed E-state index contributed by atoms with van der Waals surface area (Å²) in [6.07, 6.45) is 1.59. The van der Waals surface area contributed by atoms with Gasteiger partial charge in [-0.15, -0.1) is 0 Å². The number of rotatable bonds is 8. The molecule has 0 atom stereocenters. The zero-order chi connectivity index (χ0) is 19.6. The maximum absolute atomic E-state index is 12.3. The second-order valence-electron chi connectivity index (χ2n) is 6.23. The highest BCUT2D eigenvalue weighted by Crippen LogP contribution is 2.17. The Morgan fingerprint density at radius 1 is 1.00 bits per heavy atom. The molecule has 0 aromatic heterocycles. The number of ether oxygens (including phenoxy) is 2. The molecule has 0 saturated heterocycles. The molecule has 0 spiro atoms. The Morgan fingerprint density at radius 2 is 1.67 bits per heavy atom. The minimum Gasteiger partial charge on any atom is -0.493 e. The molecule has 6 nitrogen and oxygen atoms in total. The Kier molecular flexibility index (Phi) is 7.43. The number of nitrogens with one attached hydrogen (secondary N) is 2. The number of hydrazine groups is 1. The summed E-state index contributed by atoms with van der Waals surface area (Å²) in [5.74, 6) is 0.623. The lowest BCUT2D eigenvalue weighted by molar-refractivity contribution is 0.0844. The normalized spacial score (nSPS) is 10.2. The third-order valence-corrected chi connectivity index (χ3v) is 3.48. The van der Waals surface area contributed by atoms with Gasteiger partial charge in [-0.2, -0.15) is 0 Å². The average Bonchev–Trinajstić information content (AvgIpc) is 2.69. The molecule has 0 heterocycles. The van der Waals surface area contributed by atoms with Crippen molar-refractivity contribution in [1.82, 2.24) is 10.9 Å². The smallest absolute Gasteiger partial charge is 0.273 e. The van der Waals surface area contributed by atoms with E-state index in [0.717, 1.165) is 0 Å². The lowest BCUT2D eigenvalue weighted by Gasteiger charge is -2.12. The third kappa shape index (κ3) is 6.18. The molecule has 2 N–H and O–H groups in total. The lowest BCUT2D eigenvalue weighted by Crippen LogP contribution is -2.41. The second-order valence-corrected chi connectivity index (χ2v) is 6.23. The molecule has 0 radical (unpaired) electrons. The van der Waals surface area contributed by atoms with E-state index in [4.69, 9.17) is 9.47 Å². The van der Waals surface area contributed by atoms with E-state index in [2.05, 4.69) is 31.3 Å². The Balaban J connectivity index is 1.93. The van der Waals surface area contributed by atoms with Crippen LogP contribution >= 0.6 is 0 Å². The fourth-order valence-electron chi connectivity index (χ4n) is 2.15. The largest absolute Gasteiger partial charge is 0.493 e. The molecular weight excluding hydrogens is 344 g/mol. The Hall–Kier alpha value is -3.28. The molecule has 6 heteroatoms. The first kappa shape index (κ1) is 20.0. The molecule has 0 unspecified atom stereocenters. The number of hydrogen-bond acceptors (Lipinski definition) is 4. The van der Waals surface area contributed by atoms with Crippen LogP contribution in [0.1, 0.15) is 34.6 Å². The van der Waals surface area contributed by atoms with Gasteiger partial charge in [-0.25, -0.2) is 0 Å². The average molecular weight is 368 g/mol. The van der Waals surface area contributed by atoms with Crippen molar-refractivity contribution in [1.29, 1.82) is 0 Å². The summed E-state index contributed by atoms with van der Waals surface area (Å²) >= 11 is 0. The van der Waals surface area contributed by atoms with Crippen LogP contribution in [0.5, 0.6) is 11.5 Å². The van der Waals surface area contributed by atoms with Gasteiger partial charge in [0.1, 0.15) is 18.1 Å². The summed E-state index contributed by atoms with van der Waals surface area (Å²) in [7, 11) is 0. The van der Waals surface area contributed by atoms with Crippen molar-refractivity contribution in [3.8, 4) is 11.5 Å². The second kappa shape index (κ2) is 10.0. The first-order chi connectivity index (χ1) is 13.0. The maximum atomic E-state index is 12.3. The lowest BCUT2D eigenvalue weighted by atomic mass is 10.2. The molecular formula is C21H24N2O4. The quantitative estimate of drug-likeness (QED) is 0.553. The van der Waals surface area contributed by atoms with Gasteiger partial charge in [0.05, 0.1) is 12.2 Å². The van der Waals surface area contributed by atoms with Crippen molar-refractivity contribution in [3.63, 3.8) is 0 Å². The number of benzene rings is 2. The van der Waals surface area contributed by atoms with Crippen LogP contribution in [0.2, 0.25) is 0 Å². The summed E-state index contributed by atoms with van der Waals surface area (Å²) < 4.78 is 11.0. The van der Waals surface area contributed by atoms with E-state index < -0.39 is 11.8 Å². The zero-order valence-electron chi connectivity index (χ0n) is 15.5. The SMILES string of the molecule is C=CCOc1ccccc1C(=O)NNC(=O)c1ccc(OCC(C)C)cc1. The summed E-state index contributed by atoms with van der Waals surface area (Å²) in [4.78, 5) is 24.5. The fraction of sp³-hybridized carbons (Fsp3) is 0.238. The number of carbonyl (C=O) groups excluding carboxylic acids is 2. The number of hydrogen-bond donors (Lipinski definition) is 2. The first-order valence-electron chi connectivity index (χ1n) is 8.67. The van der Waals surface area contributed by atoms with E-state index in [9.17, 15) is 9.59 Å². The number of amides is 2. The van der Waals surface area contributed by atoms with Crippen LogP contribution in [0.4, 0.5) is 0 Å². The molecule has 0 saturated carbocycles. The molecule has 0 aliphatic carbocycles. The highest BCUT2D eigenvalue weighted by atomic mass is 16.5. The monoisotopic (exact) mass is 368 g/mol. The predicted molar refractivity (Wildman–Crippen MR) is 104 cm³/mol. The summed E-state index contributed by atoms with van der Waals surface area (Å²) in [5.41, 5.74) is 5.51. The molecule has 2 aromatic rings. The van der Waals surface area contributed by atoms with E-state index in [0.29, 0.717) is 35.2 Å². The molecule has 0 aliphatic heterocycles. The summed E-state index contributed by atoms with van der Waals surface area (Å²) in [6.45, 7) is 8.59. The summed E-state index contributed by atoms with van der Waals surface area (Å²) in [5, 5.41) is 0. The van der Waals surface area contributed by atoms with Gasteiger partial charge < -0.3 is 9.47 Å². The van der Waals surface area contributed by atoms with Crippen molar-refractivity contribution in [2.75, 3.05) is 13.2 Å². The molecule has 0 bridgehead atoms.